The minimum atomic E-state index is -3.74. The van der Waals surface area contributed by atoms with Gasteiger partial charge < -0.3 is 0 Å². The first-order chi connectivity index (χ1) is 10.6. The summed E-state index contributed by atoms with van der Waals surface area (Å²) in [4.78, 5) is 0. The molecule has 0 aliphatic heterocycles. The Bertz CT molecular complexity index is 318. The van der Waals surface area contributed by atoms with Crippen LogP contribution >= 0.6 is 0 Å². The van der Waals surface area contributed by atoms with E-state index in [9.17, 15) is 8.42 Å². The molecule has 0 aromatic heterocycles. The van der Waals surface area contributed by atoms with E-state index < -0.39 is 10.1 Å². The third-order valence-corrected chi connectivity index (χ3v) is 5.06. The second-order valence-corrected chi connectivity index (χ2v) is 8.16. The van der Waals surface area contributed by atoms with Gasteiger partial charge in [-0.2, -0.15) is 8.42 Å². The van der Waals surface area contributed by atoms with Crippen LogP contribution in [0.1, 0.15) is 110 Å². The molecule has 0 heterocycles. The van der Waals surface area contributed by atoms with Crippen molar-refractivity contribution in [2.24, 2.45) is 0 Å². The van der Waals surface area contributed by atoms with Crippen molar-refractivity contribution >= 4 is 61.5 Å². The summed E-state index contributed by atoms with van der Waals surface area (Å²) in [6.07, 6.45) is 20.3. The van der Waals surface area contributed by atoms with Gasteiger partial charge >= 0.3 is 0 Å². The Kier molecular flexibility index (Phi) is 23.1. The first kappa shape index (κ1) is 26.8. The smallest absolute Gasteiger partial charge is 0.264 e. The molecule has 0 bridgehead atoms. The molecule has 135 valence electrons. The third kappa shape index (κ3) is 25.9. The Hall–Kier alpha value is 1.55. The van der Waals surface area contributed by atoms with Gasteiger partial charge in [-0.1, -0.05) is 103 Å². The molecular weight excluding hydrogens is 335 g/mol. The van der Waals surface area contributed by atoms with Gasteiger partial charge in [0, 0.05) is 51.4 Å². The maximum atomic E-state index is 10.5. The van der Waals surface area contributed by atoms with E-state index in [4.69, 9.17) is 4.55 Å². The molecule has 0 aromatic carbocycles. The predicted molar refractivity (Wildman–Crippen MR) is 102 cm³/mol. The van der Waals surface area contributed by atoms with Gasteiger partial charge in [0.15, 0.2) is 0 Å². The van der Waals surface area contributed by atoms with Gasteiger partial charge in [-0.15, -0.1) is 0 Å². The van der Waals surface area contributed by atoms with Crippen LogP contribution in [0.5, 0.6) is 0 Å². The van der Waals surface area contributed by atoms with Crippen LogP contribution in [0.2, 0.25) is 0 Å². The van der Waals surface area contributed by atoms with E-state index in [2.05, 4.69) is 6.92 Å². The Balaban J connectivity index is 0. The number of unbranched alkanes of at least 4 members (excludes halogenated alkanes) is 15. The zero-order valence-electron chi connectivity index (χ0n) is 15.7. The predicted octanol–water partition coefficient (Wildman–Crippen LogP) is 5.75. The molecule has 0 spiro atoms. The molecule has 1 N–H and O–H groups in total. The van der Waals surface area contributed by atoms with Gasteiger partial charge in [-0.25, -0.2) is 0 Å². The molecule has 0 saturated heterocycles. The number of hydrogen-bond acceptors (Lipinski definition) is 2. The molecule has 0 atom stereocenters. The monoisotopic (exact) mass is 373 g/mol. The third-order valence-electron chi connectivity index (χ3n) is 4.26. The van der Waals surface area contributed by atoms with E-state index in [-0.39, 0.29) is 57.1 Å². The van der Waals surface area contributed by atoms with E-state index >= 15 is 0 Å². The van der Waals surface area contributed by atoms with Crippen LogP contribution in [0.25, 0.3) is 0 Å². The quantitative estimate of drug-likeness (QED) is 0.200. The van der Waals surface area contributed by atoms with Crippen LogP contribution in [0.15, 0.2) is 0 Å². The molecule has 0 saturated carbocycles. The average molecular weight is 374 g/mol. The van der Waals surface area contributed by atoms with E-state index in [1.54, 1.807) is 0 Å². The van der Waals surface area contributed by atoms with Crippen LogP contribution in [-0.4, -0.2) is 70.1 Å². The Morgan fingerprint density at radius 2 is 0.826 bits per heavy atom. The normalized spacial score (nSPS) is 11.4. The molecule has 0 rings (SSSR count). The van der Waals surface area contributed by atoms with E-state index in [0.29, 0.717) is 6.42 Å². The summed E-state index contributed by atoms with van der Waals surface area (Å²) in [5.41, 5.74) is 0. The fourth-order valence-electron chi connectivity index (χ4n) is 2.83. The van der Waals surface area contributed by atoms with Crippen molar-refractivity contribution < 1.29 is 13.0 Å². The molecule has 0 fully saturated rings. The Morgan fingerprint density at radius 3 is 1.09 bits per heavy atom. The van der Waals surface area contributed by atoms with Gasteiger partial charge in [-0.3, -0.25) is 4.55 Å². The zero-order valence-corrected chi connectivity index (χ0v) is 19.6. The van der Waals surface area contributed by atoms with Crippen molar-refractivity contribution in [1.29, 1.82) is 0 Å². The van der Waals surface area contributed by atoms with Crippen molar-refractivity contribution in [3.8, 4) is 0 Å². The van der Waals surface area contributed by atoms with Crippen LogP contribution in [0.4, 0.5) is 0 Å². The summed E-state index contributed by atoms with van der Waals surface area (Å²) in [6, 6.07) is 0. The largest absolute Gasteiger partial charge is 0.286 e. The topological polar surface area (TPSA) is 54.4 Å². The van der Waals surface area contributed by atoms with Crippen molar-refractivity contribution in [1.82, 2.24) is 0 Å². The molecule has 3 nitrogen and oxygen atoms in total. The van der Waals surface area contributed by atoms with E-state index in [1.807, 2.05) is 0 Å². The fourth-order valence-corrected chi connectivity index (χ4v) is 3.40. The van der Waals surface area contributed by atoms with Gasteiger partial charge in [0.1, 0.15) is 0 Å². The Morgan fingerprint density at radius 1 is 0.565 bits per heavy atom. The maximum absolute atomic E-state index is 10.5. The first-order valence-corrected chi connectivity index (χ1v) is 11.1. The van der Waals surface area contributed by atoms with Crippen molar-refractivity contribution in [3.63, 3.8) is 0 Å². The van der Waals surface area contributed by atoms with Crippen molar-refractivity contribution in [3.05, 3.63) is 0 Å². The van der Waals surface area contributed by atoms with Gasteiger partial charge in [0.2, 0.25) is 0 Å². The summed E-state index contributed by atoms with van der Waals surface area (Å²) < 4.78 is 29.7. The van der Waals surface area contributed by atoms with E-state index in [1.165, 1.54) is 83.5 Å². The molecule has 23 heavy (non-hydrogen) atoms. The number of hydrogen-bond donors (Lipinski definition) is 1. The molecule has 0 unspecified atom stereocenters. The first-order valence-electron chi connectivity index (χ1n) is 9.51. The summed E-state index contributed by atoms with van der Waals surface area (Å²) in [5, 5.41) is 0. The molecule has 5 heteroatoms. The summed E-state index contributed by atoms with van der Waals surface area (Å²) in [7, 11) is -3.74. The fraction of sp³-hybridized carbons (Fsp3) is 1.00. The van der Waals surface area contributed by atoms with E-state index in [0.717, 1.165) is 12.8 Å². The SMILES string of the molecule is CCCCCCCCCCCCCCCCCCS(=O)(=O)O.[K]. The van der Waals surface area contributed by atoms with Crippen LogP contribution in [0, 0.1) is 0 Å². The molecule has 1 radical (unpaired) electrons. The second-order valence-electron chi connectivity index (χ2n) is 6.59. The molecule has 0 aliphatic carbocycles. The van der Waals surface area contributed by atoms with Crippen LogP contribution in [0.3, 0.4) is 0 Å². The minimum Gasteiger partial charge on any atom is -0.286 e. The summed E-state index contributed by atoms with van der Waals surface area (Å²) >= 11 is 0. The Labute approximate surface area is 187 Å². The molecule has 0 amide bonds. The molecule has 0 aromatic rings. The van der Waals surface area contributed by atoms with Gasteiger partial charge in [0.25, 0.3) is 10.1 Å². The standard InChI is InChI=1S/C18H38O3S.K/c1-2-3-4-5-6-7-8-9-10-11-12-13-14-15-16-17-18-22(19,20)21;/h2-18H2,1H3,(H,19,20,21);. The van der Waals surface area contributed by atoms with Crippen molar-refractivity contribution in [2.75, 3.05) is 5.75 Å². The van der Waals surface area contributed by atoms with Gasteiger partial charge in [-0.05, 0) is 6.42 Å². The average Bonchev–Trinajstić information content (AvgIpc) is 2.45. The summed E-state index contributed by atoms with van der Waals surface area (Å²) in [6.45, 7) is 2.26. The number of rotatable bonds is 17. The van der Waals surface area contributed by atoms with Crippen LogP contribution < -0.4 is 0 Å². The molecular formula is C18H38KO3S. The summed E-state index contributed by atoms with van der Waals surface area (Å²) in [5.74, 6) is -0.0779. The second kappa shape index (κ2) is 19.9. The van der Waals surface area contributed by atoms with Crippen LogP contribution in [-0.2, 0) is 10.1 Å². The molecule has 0 aliphatic rings. The zero-order chi connectivity index (χ0) is 16.5. The maximum Gasteiger partial charge on any atom is 0.264 e. The van der Waals surface area contributed by atoms with Gasteiger partial charge in [0.05, 0.1) is 5.75 Å². The van der Waals surface area contributed by atoms with Crippen molar-refractivity contribution in [2.45, 2.75) is 110 Å². The minimum absolute atomic E-state index is 0.